The highest BCUT2D eigenvalue weighted by Crippen LogP contribution is 2.51. The summed E-state index contributed by atoms with van der Waals surface area (Å²) >= 11 is 0. The number of hydrogen-bond donors (Lipinski definition) is 1. The summed E-state index contributed by atoms with van der Waals surface area (Å²) in [6.07, 6.45) is 6.90. The van der Waals surface area contributed by atoms with E-state index in [2.05, 4.69) is 101 Å². The lowest BCUT2D eigenvalue weighted by Crippen LogP contribution is -2.61. The lowest BCUT2D eigenvalue weighted by molar-refractivity contribution is 0.0151. The van der Waals surface area contributed by atoms with E-state index in [4.69, 9.17) is 0 Å². The van der Waals surface area contributed by atoms with Crippen molar-refractivity contribution in [2.45, 2.75) is 68.7 Å². The summed E-state index contributed by atoms with van der Waals surface area (Å²) in [5.74, 6) is 1.26. The maximum atomic E-state index is 4.06. The van der Waals surface area contributed by atoms with E-state index in [0.717, 1.165) is 24.5 Å². The van der Waals surface area contributed by atoms with Crippen molar-refractivity contribution in [3.63, 3.8) is 0 Å². The first kappa shape index (κ1) is 20.2. The van der Waals surface area contributed by atoms with E-state index in [-0.39, 0.29) is 0 Å². The highest BCUT2D eigenvalue weighted by molar-refractivity contribution is 5.36. The summed E-state index contributed by atoms with van der Waals surface area (Å²) in [6.45, 7) is 0.953. The third-order valence-electron chi connectivity index (χ3n) is 8.34. The Balaban J connectivity index is 1.40. The Hall–Kier alpha value is -2.42. The van der Waals surface area contributed by atoms with Crippen molar-refractivity contribution < 1.29 is 0 Å². The van der Waals surface area contributed by atoms with Gasteiger partial charge in [-0.25, -0.2) is 0 Å². The second-order valence-corrected chi connectivity index (χ2v) is 10.1. The van der Waals surface area contributed by atoms with E-state index >= 15 is 0 Å². The van der Waals surface area contributed by atoms with Crippen LogP contribution in [0.25, 0.3) is 0 Å². The van der Waals surface area contributed by atoms with Gasteiger partial charge in [0.1, 0.15) is 0 Å². The number of rotatable bonds is 6. The molecule has 0 saturated carbocycles. The molecule has 3 heterocycles. The predicted octanol–water partition coefficient (Wildman–Crippen LogP) is 5.99. The molecule has 0 spiro atoms. The molecule has 6 rings (SSSR count). The molecule has 0 amide bonds. The minimum atomic E-state index is 0.396. The molecule has 3 aliphatic heterocycles. The first-order valence-corrected chi connectivity index (χ1v) is 12.5. The molecule has 164 valence electrons. The molecular weight excluding hydrogens is 388 g/mol. The van der Waals surface area contributed by atoms with Gasteiger partial charge in [-0.3, -0.25) is 4.90 Å². The first-order chi connectivity index (χ1) is 15.9. The molecular formula is C30H34N2. The fourth-order valence-electron chi connectivity index (χ4n) is 7.11. The molecule has 32 heavy (non-hydrogen) atoms. The van der Waals surface area contributed by atoms with Crippen LogP contribution in [0.2, 0.25) is 0 Å². The minimum Gasteiger partial charge on any atom is -0.308 e. The van der Waals surface area contributed by atoms with E-state index in [1.54, 1.807) is 0 Å². The molecule has 1 N–H and O–H groups in total. The molecule has 2 nitrogen and oxygen atoms in total. The number of piperidine rings is 2. The molecule has 0 radical (unpaired) electrons. The zero-order valence-electron chi connectivity index (χ0n) is 18.8. The molecule has 3 aromatic carbocycles. The van der Waals surface area contributed by atoms with Crippen molar-refractivity contribution >= 4 is 0 Å². The third kappa shape index (κ3) is 3.70. The standard InChI is InChI=1S/C30H34N2/c1-4-11-22(12-5-1)21-31-27-20-25-19-26-17-10-18-28(25)32(26)30(27)29(23-13-6-2-7-14-23)24-15-8-3-9-16-24/h1-9,11-16,25-31H,10,17-21H2. The van der Waals surface area contributed by atoms with Crippen LogP contribution in [0.4, 0.5) is 0 Å². The predicted molar refractivity (Wildman–Crippen MR) is 132 cm³/mol. The monoisotopic (exact) mass is 422 g/mol. The normalized spacial score (nSPS) is 31.0. The molecule has 0 aliphatic carbocycles. The Kier molecular flexibility index (Phi) is 5.58. The van der Waals surface area contributed by atoms with Crippen molar-refractivity contribution in [1.29, 1.82) is 0 Å². The van der Waals surface area contributed by atoms with Gasteiger partial charge in [0, 0.05) is 36.6 Å². The van der Waals surface area contributed by atoms with Gasteiger partial charge < -0.3 is 5.32 Å². The fourth-order valence-corrected chi connectivity index (χ4v) is 7.11. The van der Waals surface area contributed by atoms with E-state index in [0.29, 0.717) is 18.0 Å². The van der Waals surface area contributed by atoms with Crippen LogP contribution in [0.15, 0.2) is 91.0 Å². The zero-order valence-corrected chi connectivity index (χ0v) is 18.8. The molecule has 3 aromatic rings. The Labute approximate surface area is 192 Å². The lowest BCUT2D eigenvalue weighted by atomic mass is 9.74. The average Bonchev–Trinajstić information content (AvgIpc) is 2.98. The van der Waals surface area contributed by atoms with Crippen LogP contribution >= 0.6 is 0 Å². The van der Waals surface area contributed by atoms with E-state index in [1.807, 2.05) is 0 Å². The van der Waals surface area contributed by atoms with Crippen LogP contribution < -0.4 is 5.32 Å². The molecule has 3 fully saturated rings. The lowest BCUT2D eigenvalue weighted by Gasteiger charge is -2.52. The van der Waals surface area contributed by atoms with E-state index in [1.165, 1.54) is 48.8 Å². The van der Waals surface area contributed by atoms with Crippen LogP contribution in [0.1, 0.15) is 54.7 Å². The highest BCUT2D eigenvalue weighted by Gasteiger charge is 2.54. The Morgan fingerprint density at radius 2 is 1.38 bits per heavy atom. The van der Waals surface area contributed by atoms with Crippen LogP contribution in [-0.2, 0) is 6.54 Å². The maximum absolute atomic E-state index is 4.06. The van der Waals surface area contributed by atoms with Gasteiger partial charge in [-0.15, -0.1) is 0 Å². The molecule has 6 unspecified atom stereocenters. The van der Waals surface area contributed by atoms with Crippen LogP contribution in [0.5, 0.6) is 0 Å². The van der Waals surface area contributed by atoms with Crippen LogP contribution in [0, 0.1) is 5.92 Å². The van der Waals surface area contributed by atoms with Crippen molar-refractivity contribution in [2.24, 2.45) is 5.92 Å². The van der Waals surface area contributed by atoms with Crippen molar-refractivity contribution in [3.05, 3.63) is 108 Å². The number of hydrogen-bond acceptors (Lipinski definition) is 2. The Morgan fingerprint density at radius 3 is 2.03 bits per heavy atom. The summed E-state index contributed by atoms with van der Waals surface area (Å²) < 4.78 is 0. The summed E-state index contributed by atoms with van der Waals surface area (Å²) in [5, 5.41) is 4.06. The topological polar surface area (TPSA) is 15.3 Å². The molecule has 3 saturated heterocycles. The summed E-state index contributed by atoms with van der Waals surface area (Å²) in [4.78, 5) is 2.99. The first-order valence-electron chi connectivity index (χ1n) is 12.5. The van der Waals surface area contributed by atoms with Crippen LogP contribution in [-0.4, -0.2) is 29.1 Å². The van der Waals surface area contributed by atoms with Gasteiger partial charge in [-0.05, 0) is 48.3 Å². The highest BCUT2D eigenvalue weighted by atomic mass is 15.3. The summed E-state index contributed by atoms with van der Waals surface area (Å²) in [5.41, 5.74) is 4.30. The van der Waals surface area contributed by atoms with Crippen LogP contribution in [0.3, 0.4) is 0 Å². The zero-order chi connectivity index (χ0) is 21.3. The quantitative estimate of drug-likeness (QED) is 0.525. The summed E-state index contributed by atoms with van der Waals surface area (Å²) in [6, 6.07) is 36.0. The largest absolute Gasteiger partial charge is 0.308 e. The van der Waals surface area contributed by atoms with Gasteiger partial charge in [0.2, 0.25) is 0 Å². The Morgan fingerprint density at radius 1 is 0.750 bits per heavy atom. The number of nitrogens with one attached hydrogen (secondary N) is 1. The SMILES string of the molecule is c1ccc(CNC2CC3CC4CCCC3N4C2C(c2ccccc2)c2ccccc2)cc1. The maximum Gasteiger partial charge on any atom is 0.0364 e. The summed E-state index contributed by atoms with van der Waals surface area (Å²) in [7, 11) is 0. The smallest absolute Gasteiger partial charge is 0.0364 e. The average molecular weight is 423 g/mol. The second kappa shape index (κ2) is 8.84. The number of nitrogens with zero attached hydrogens (tertiary/aromatic N) is 1. The number of benzene rings is 3. The van der Waals surface area contributed by atoms with Crippen molar-refractivity contribution in [3.8, 4) is 0 Å². The minimum absolute atomic E-state index is 0.396. The molecule has 6 atom stereocenters. The fraction of sp³-hybridized carbons (Fsp3) is 0.400. The van der Waals surface area contributed by atoms with E-state index < -0.39 is 0 Å². The Bertz CT molecular complexity index is 963. The van der Waals surface area contributed by atoms with Gasteiger partial charge in [0.25, 0.3) is 0 Å². The van der Waals surface area contributed by atoms with Crippen molar-refractivity contribution in [1.82, 2.24) is 10.2 Å². The third-order valence-corrected chi connectivity index (χ3v) is 8.34. The van der Waals surface area contributed by atoms with Gasteiger partial charge in [-0.1, -0.05) is 97.4 Å². The van der Waals surface area contributed by atoms with Gasteiger partial charge in [0.15, 0.2) is 0 Å². The molecule has 0 aromatic heterocycles. The van der Waals surface area contributed by atoms with Crippen molar-refractivity contribution in [2.75, 3.05) is 0 Å². The molecule has 4 bridgehead atoms. The van der Waals surface area contributed by atoms with Gasteiger partial charge >= 0.3 is 0 Å². The van der Waals surface area contributed by atoms with Gasteiger partial charge in [0.05, 0.1) is 0 Å². The second-order valence-electron chi connectivity index (χ2n) is 10.1. The van der Waals surface area contributed by atoms with Gasteiger partial charge in [-0.2, -0.15) is 0 Å². The molecule has 2 heteroatoms. The van der Waals surface area contributed by atoms with E-state index in [9.17, 15) is 0 Å². The molecule has 3 aliphatic rings.